The maximum Gasteiger partial charge on any atom is 0.0717 e. The first-order chi connectivity index (χ1) is 7.70. The van der Waals surface area contributed by atoms with Crippen molar-refractivity contribution in [3.05, 3.63) is 35.9 Å². The Morgan fingerprint density at radius 2 is 1.94 bits per heavy atom. The van der Waals surface area contributed by atoms with Crippen molar-refractivity contribution in [3.63, 3.8) is 0 Å². The molecule has 90 valence electrons. The van der Waals surface area contributed by atoms with E-state index in [-0.39, 0.29) is 5.41 Å². The molecule has 1 atom stereocenters. The molecule has 0 heterocycles. The van der Waals surface area contributed by atoms with Gasteiger partial charge in [-0.05, 0) is 18.5 Å². The van der Waals surface area contributed by atoms with E-state index in [2.05, 4.69) is 26.0 Å². The lowest BCUT2D eigenvalue weighted by Crippen LogP contribution is -2.32. The summed E-state index contributed by atoms with van der Waals surface area (Å²) in [7, 11) is 0. The summed E-state index contributed by atoms with van der Waals surface area (Å²) in [6.45, 7) is 6.49. The quantitative estimate of drug-likeness (QED) is 0.768. The second-order valence-corrected chi connectivity index (χ2v) is 4.74. The molecule has 0 amide bonds. The Morgan fingerprint density at radius 1 is 1.25 bits per heavy atom. The first-order valence-electron chi connectivity index (χ1n) is 6.02. The fourth-order valence-corrected chi connectivity index (χ4v) is 1.83. The molecule has 2 heteroatoms. The Hall–Kier alpha value is -0.860. The fraction of sp³-hybridized carbons (Fsp3) is 0.571. The van der Waals surface area contributed by atoms with E-state index in [1.54, 1.807) is 0 Å². The molecule has 1 unspecified atom stereocenters. The molecule has 2 N–H and O–H groups in total. The van der Waals surface area contributed by atoms with Crippen molar-refractivity contribution in [2.75, 3.05) is 13.2 Å². The van der Waals surface area contributed by atoms with Crippen LogP contribution in [0.5, 0.6) is 0 Å². The van der Waals surface area contributed by atoms with Crippen LogP contribution in [-0.4, -0.2) is 13.2 Å². The van der Waals surface area contributed by atoms with Gasteiger partial charge in [0.25, 0.3) is 0 Å². The minimum absolute atomic E-state index is 0.129. The van der Waals surface area contributed by atoms with Crippen molar-refractivity contribution in [2.24, 2.45) is 11.1 Å². The Morgan fingerprint density at radius 3 is 2.50 bits per heavy atom. The lowest BCUT2D eigenvalue weighted by Gasteiger charge is -2.27. The van der Waals surface area contributed by atoms with Crippen LogP contribution in [0, 0.1) is 5.41 Å². The summed E-state index contributed by atoms with van der Waals surface area (Å²) >= 11 is 0. The zero-order valence-corrected chi connectivity index (χ0v) is 10.4. The molecule has 1 aromatic rings. The van der Waals surface area contributed by atoms with Gasteiger partial charge in [0.2, 0.25) is 0 Å². The van der Waals surface area contributed by atoms with Crippen LogP contribution in [0.15, 0.2) is 30.3 Å². The zero-order chi connectivity index (χ0) is 11.9. The van der Waals surface area contributed by atoms with E-state index in [0.717, 1.165) is 19.4 Å². The lowest BCUT2D eigenvalue weighted by molar-refractivity contribution is 0.0417. The van der Waals surface area contributed by atoms with Gasteiger partial charge in [0.15, 0.2) is 0 Å². The van der Waals surface area contributed by atoms with Crippen molar-refractivity contribution in [1.82, 2.24) is 0 Å². The first kappa shape index (κ1) is 13.2. The van der Waals surface area contributed by atoms with Gasteiger partial charge in [-0.25, -0.2) is 0 Å². The summed E-state index contributed by atoms with van der Waals surface area (Å²) in [5.41, 5.74) is 7.14. The topological polar surface area (TPSA) is 35.2 Å². The van der Waals surface area contributed by atoms with E-state index < -0.39 is 0 Å². The van der Waals surface area contributed by atoms with Crippen molar-refractivity contribution < 1.29 is 4.74 Å². The summed E-state index contributed by atoms with van der Waals surface area (Å²) in [6.07, 6.45) is 2.28. The number of hydrogen-bond acceptors (Lipinski definition) is 2. The molecule has 0 fully saturated rings. The zero-order valence-electron chi connectivity index (χ0n) is 10.4. The van der Waals surface area contributed by atoms with Crippen LogP contribution in [0.1, 0.15) is 32.3 Å². The Kier molecular flexibility index (Phi) is 5.50. The van der Waals surface area contributed by atoms with Crippen LogP contribution in [0.25, 0.3) is 0 Å². The molecule has 0 aromatic heterocycles. The highest BCUT2D eigenvalue weighted by molar-refractivity contribution is 5.13. The first-order valence-corrected chi connectivity index (χ1v) is 6.02. The summed E-state index contributed by atoms with van der Waals surface area (Å²) in [4.78, 5) is 0. The number of benzene rings is 1. The molecular formula is C14H23NO. The highest BCUT2D eigenvalue weighted by atomic mass is 16.5. The Balaban J connectivity index is 2.34. The van der Waals surface area contributed by atoms with E-state index >= 15 is 0 Å². The molecule has 1 rings (SSSR count). The second-order valence-electron chi connectivity index (χ2n) is 4.74. The third-order valence-corrected chi connectivity index (χ3v) is 2.91. The summed E-state index contributed by atoms with van der Waals surface area (Å²) in [5.74, 6) is 0. The van der Waals surface area contributed by atoms with Crippen LogP contribution < -0.4 is 5.73 Å². The monoisotopic (exact) mass is 221 g/mol. The standard InChI is InChI=1S/C14H23NO/c1-3-9-14(2,11-15)12-16-10-13-7-5-4-6-8-13/h4-8H,3,9-12,15H2,1-2H3. The van der Waals surface area contributed by atoms with Gasteiger partial charge in [0.1, 0.15) is 0 Å². The van der Waals surface area contributed by atoms with E-state index in [4.69, 9.17) is 10.5 Å². The SMILES string of the molecule is CCCC(C)(CN)COCc1ccccc1. The van der Waals surface area contributed by atoms with Gasteiger partial charge in [0, 0.05) is 5.41 Å². The molecule has 0 bridgehead atoms. The van der Waals surface area contributed by atoms with Crippen molar-refractivity contribution in [1.29, 1.82) is 0 Å². The summed E-state index contributed by atoms with van der Waals surface area (Å²) in [6, 6.07) is 10.3. The normalized spacial score (nSPS) is 14.7. The van der Waals surface area contributed by atoms with Gasteiger partial charge in [-0.2, -0.15) is 0 Å². The third-order valence-electron chi connectivity index (χ3n) is 2.91. The number of hydrogen-bond donors (Lipinski definition) is 1. The molecule has 0 saturated carbocycles. The molecular weight excluding hydrogens is 198 g/mol. The van der Waals surface area contributed by atoms with Gasteiger partial charge >= 0.3 is 0 Å². The average Bonchev–Trinajstić information content (AvgIpc) is 2.31. The van der Waals surface area contributed by atoms with Crippen molar-refractivity contribution in [3.8, 4) is 0 Å². The Bertz CT molecular complexity index is 286. The smallest absolute Gasteiger partial charge is 0.0717 e. The van der Waals surface area contributed by atoms with Gasteiger partial charge < -0.3 is 10.5 Å². The van der Waals surface area contributed by atoms with Crippen LogP contribution in [0.2, 0.25) is 0 Å². The maximum absolute atomic E-state index is 5.79. The highest BCUT2D eigenvalue weighted by Crippen LogP contribution is 2.22. The van der Waals surface area contributed by atoms with Crippen molar-refractivity contribution >= 4 is 0 Å². The second kappa shape index (κ2) is 6.66. The number of nitrogens with two attached hydrogens (primary N) is 1. The van der Waals surface area contributed by atoms with Crippen molar-refractivity contribution in [2.45, 2.75) is 33.3 Å². The predicted octanol–water partition coefficient (Wildman–Crippen LogP) is 2.97. The van der Waals surface area contributed by atoms with E-state index in [9.17, 15) is 0 Å². The molecule has 0 aliphatic rings. The van der Waals surface area contributed by atoms with E-state index in [0.29, 0.717) is 13.2 Å². The average molecular weight is 221 g/mol. The van der Waals surface area contributed by atoms with Gasteiger partial charge in [-0.15, -0.1) is 0 Å². The van der Waals surface area contributed by atoms with Crippen LogP contribution in [0.3, 0.4) is 0 Å². The summed E-state index contributed by atoms with van der Waals surface area (Å²) in [5, 5.41) is 0. The molecule has 0 aliphatic carbocycles. The minimum atomic E-state index is 0.129. The van der Waals surface area contributed by atoms with Crippen LogP contribution >= 0.6 is 0 Å². The largest absolute Gasteiger partial charge is 0.376 e. The molecule has 1 aromatic carbocycles. The van der Waals surface area contributed by atoms with Crippen LogP contribution in [-0.2, 0) is 11.3 Å². The van der Waals surface area contributed by atoms with E-state index in [1.165, 1.54) is 5.56 Å². The lowest BCUT2D eigenvalue weighted by atomic mass is 9.87. The molecule has 0 radical (unpaired) electrons. The number of rotatable bonds is 7. The molecule has 0 spiro atoms. The van der Waals surface area contributed by atoms with Gasteiger partial charge in [0.05, 0.1) is 13.2 Å². The van der Waals surface area contributed by atoms with E-state index in [1.807, 2.05) is 18.2 Å². The molecule has 2 nitrogen and oxygen atoms in total. The fourth-order valence-electron chi connectivity index (χ4n) is 1.83. The van der Waals surface area contributed by atoms with Crippen LogP contribution in [0.4, 0.5) is 0 Å². The predicted molar refractivity (Wildman–Crippen MR) is 68.2 cm³/mol. The summed E-state index contributed by atoms with van der Waals surface area (Å²) < 4.78 is 5.75. The maximum atomic E-state index is 5.79. The third kappa shape index (κ3) is 4.33. The minimum Gasteiger partial charge on any atom is -0.376 e. The Labute approximate surface area is 98.8 Å². The molecule has 16 heavy (non-hydrogen) atoms. The molecule has 0 aliphatic heterocycles. The van der Waals surface area contributed by atoms with Gasteiger partial charge in [-0.3, -0.25) is 0 Å². The molecule has 0 saturated heterocycles. The highest BCUT2D eigenvalue weighted by Gasteiger charge is 2.21. The number of ether oxygens (including phenoxy) is 1. The van der Waals surface area contributed by atoms with Gasteiger partial charge in [-0.1, -0.05) is 50.6 Å².